The number of nitrogen functional groups attached to an aromatic ring is 1. The number of nitrogens with two attached hydrogens (primary N) is 1. The highest BCUT2D eigenvalue weighted by Gasteiger charge is 2.31. The average molecular weight is 251 g/mol. The Bertz CT molecular complexity index is 394. The maximum absolute atomic E-state index is 6.08. The van der Waals surface area contributed by atoms with Crippen molar-refractivity contribution in [2.24, 2.45) is 13.0 Å². The molecular formula is C14H25N3O. The summed E-state index contributed by atoms with van der Waals surface area (Å²) in [4.78, 5) is 0. The Kier molecular flexibility index (Phi) is 4.27. The number of aryl methyl sites for hydroxylation is 1. The van der Waals surface area contributed by atoms with Crippen LogP contribution in [0.5, 0.6) is 0 Å². The Labute approximate surface area is 110 Å². The summed E-state index contributed by atoms with van der Waals surface area (Å²) >= 11 is 0. The van der Waals surface area contributed by atoms with Crippen LogP contribution in [0, 0.1) is 5.92 Å². The fraction of sp³-hybridized carbons (Fsp3) is 0.786. The average Bonchev–Trinajstić information content (AvgIpc) is 2.55. The van der Waals surface area contributed by atoms with Crippen molar-refractivity contribution in [3.8, 4) is 0 Å². The molecule has 0 aliphatic heterocycles. The first-order valence-electron chi connectivity index (χ1n) is 7.07. The van der Waals surface area contributed by atoms with Gasteiger partial charge in [0.25, 0.3) is 0 Å². The molecule has 0 bridgehead atoms. The molecule has 0 aromatic carbocycles. The highest BCUT2D eigenvalue weighted by atomic mass is 16.5. The summed E-state index contributed by atoms with van der Waals surface area (Å²) in [5, 5.41) is 4.57. The van der Waals surface area contributed by atoms with E-state index in [0.29, 0.717) is 6.10 Å². The predicted molar refractivity (Wildman–Crippen MR) is 73.5 cm³/mol. The molecule has 1 aliphatic rings. The molecule has 1 aromatic heterocycles. The minimum absolute atomic E-state index is 0.482. The first kappa shape index (κ1) is 13.4. The van der Waals surface area contributed by atoms with Crippen molar-refractivity contribution in [1.82, 2.24) is 9.78 Å². The van der Waals surface area contributed by atoms with Gasteiger partial charge in [0.1, 0.15) is 5.82 Å². The van der Waals surface area contributed by atoms with Gasteiger partial charge in [0.2, 0.25) is 0 Å². The second-order valence-electron chi connectivity index (χ2n) is 5.30. The molecule has 0 spiro atoms. The number of nitrogens with zero attached hydrogens (tertiary/aromatic N) is 2. The van der Waals surface area contributed by atoms with Crippen LogP contribution in [-0.2, 0) is 24.6 Å². The molecule has 4 nitrogen and oxygen atoms in total. The minimum atomic E-state index is 0.482. The van der Waals surface area contributed by atoms with E-state index >= 15 is 0 Å². The van der Waals surface area contributed by atoms with E-state index in [9.17, 15) is 0 Å². The van der Waals surface area contributed by atoms with Crippen molar-refractivity contribution < 1.29 is 4.74 Å². The van der Waals surface area contributed by atoms with Gasteiger partial charge in [-0.25, -0.2) is 0 Å². The Morgan fingerprint density at radius 2 is 2.11 bits per heavy atom. The normalized spacial score (nSPS) is 23.1. The van der Waals surface area contributed by atoms with Crippen molar-refractivity contribution in [2.75, 3.05) is 12.3 Å². The fourth-order valence-electron chi connectivity index (χ4n) is 2.81. The molecule has 1 saturated carbocycles. The van der Waals surface area contributed by atoms with E-state index < -0.39 is 0 Å². The molecule has 0 radical (unpaired) electrons. The quantitative estimate of drug-likeness (QED) is 0.844. The molecule has 1 aromatic rings. The van der Waals surface area contributed by atoms with Gasteiger partial charge < -0.3 is 10.5 Å². The first-order chi connectivity index (χ1) is 8.65. The van der Waals surface area contributed by atoms with Crippen molar-refractivity contribution in [3.05, 3.63) is 11.3 Å². The molecule has 1 heterocycles. The number of rotatable bonds is 6. The minimum Gasteiger partial charge on any atom is -0.384 e. The molecular weight excluding hydrogens is 226 g/mol. The summed E-state index contributed by atoms with van der Waals surface area (Å²) in [5.41, 5.74) is 8.54. The molecule has 18 heavy (non-hydrogen) atoms. The van der Waals surface area contributed by atoms with Gasteiger partial charge in [0, 0.05) is 19.2 Å². The Balaban J connectivity index is 1.95. The predicted octanol–water partition coefficient (Wildman–Crippen LogP) is 2.31. The smallest absolute Gasteiger partial charge is 0.124 e. The molecule has 2 rings (SSSR count). The van der Waals surface area contributed by atoms with Gasteiger partial charge in [-0.2, -0.15) is 5.10 Å². The summed E-state index contributed by atoms with van der Waals surface area (Å²) in [6, 6.07) is 0. The highest BCUT2D eigenvalue weighted by molar-refractivity contribution is 5.43. The van der Waals surface area contributed by atoms with Gasteiger partial charge in [-0.15, -0.1) is 0 Å². The summed E-state index contributed by atoms with van der Waals surface area (Å²) in [7, 11) is 1.93. The van der Waals surface area contributed by atoms with Gasteiger partial charge in [-0.05, 0) is 38.5 Å². The molecule has 102 valence electrons. The highest BCUT2D eigenvalue weighted by Crippen LogP contribution is 2.34. The zero-order valence-corrected chi connectivity index (χ0v) is 11.8. The molecule has 0 saturated heterocycles. The standard InChI is InChI=1S/C14H25N3O/c1-4-6-12-13(16-17(3)14(12)15)9-10-7-11(8-10)18-5-2/h10-11H,4-9,15H2,1-3H3. The van der Waals surface area contributed by atoms with E-state index in [1.54, 1.807) is 0 Å². The van der Waals surface area contributed by atoms with Crippen LogP contribution in [0.4, 0.5) is 5.82 Å². The molecule has 0 unspecified atom stereocenters. The first-order valence-corrected chi connectivity index (χ1v) is 7.07. The maximum atomic E-state index is 6.08. The number of aromatic nitrogens is 2. The topological polar surface area (TPSA) is 53.1 Å². The van der Waals surface area contributed by atoms with Crippen LogP contribution < -0.4 is 5.73 Å². The van der Waals surface area contributed by atoms with Crippen LogP contribution in [0.3, 0.4) is 0 Å². The van der Waals surface area contributed by atoms with Crippen LogP contribution >= 0.6 is 0 Å². The maximum Gasteiger partial charge on any atom is 0.124 e. The number of ether oxygens (including phenoxy) is 1. The Hall–Kier alpha value is -1.03. The lowest BCUT2D eigenvalue weighted by Gasteiger charge is -2.34. The van der Waals surface area contributed by atoms with Gasteiger partial charge in [-0.1, -0.05) is 13.3 Å². The number of hydrogen-bond donors (Lipinski definition) is 1. The van der Waals surface area contributed by atoms with Gasteiger partial charge in [0.15, 0.2) is 0 Å². The molecule has 2 N–H and O–H groups in total. The van der Waals surface area contributed by atoms with E-state index in [0.717, 1.165) is 37.6 Å². The second kappa shape index (κ2) is 5.74. The van der Waals surface area contributed by atoms with Gasteiger partial charge in [0.05, 0.1) is 11.8 Å². The molecule has 1 aliphatic carbocycles. The third-order valence-electron chi connectivity index (χ3n) is 3.85. The zero-order chi connectivity index (χ0) is 13.1. The van der Waals surface area contributed by atoms with E-state index in [1.165, 1.54) is 24.1 Å². The van der Waals surface area contributed by atoms with Crippen LogP contribution in [-0.4, -0.2) is 22.5 Å². The molecule has 4 heteroatoms. The van der Waals surface area contributed by atoms with Gasteiger partial charge in [-0.3, -0.25) is 4.68 Å². The fourth-order valence-corrected chi connectivity index (χ4v) is 2.81. The summed E-state index contributed by atoms with van der Waals surface area (Å²) < 4.78 is 7.42. The lowest BCUT2D eigenvalue weighted by molar-refractivity contribution is -0.0243. The summed E-state index contributed by atoms with van der Waals surface area (Å²) in [6.45, 7) is 5.08. The van der Waals surface area contributed by atoms with E-state index in [1.807, 2.05) is 11.7 Å². The molecule has 1 fully saturated rings. The number of hydrogen-bond acceptors (Lipinski definition) is 3. The van der Waals surface area contributed by atoms with E-state index in [4.69, 9.17) is 10.5 Å². The summed E-state index contributed by atoms with van der Waals surface area (Å²) in [6.07, 6.45) is 6.05. The van der Waals surface area contributed by atoms with E-state index in [-0.39, 0.29) is 0 Å². The van der Waals surface area contributed by atoms with Crippen molar-refractivity contribution in [2.45, 2.75) is 52.1 Å². The lowest BCUT2D eigenvalue weighted by Crippen LogP contribution is -2.32. The molecule has 0 atom stereocenters. The number of anilines is 1. The van der Waals surface area contributed by atoms with Crippen LogP contribution in [0.1, 0.15) is 44.4 Å². The van der Waals surface area contributed by atoms with Gasteiger partial charge >= 0.3 is 0 Å². The van der Waals surface area contributed by atoms with Crippen LogP contribution in [0.25, 0.3) is 0 Å². The van der Waals surface area contributed by atoms with E-state index in [2.05, 4.69) is 18.9 Å². The van der Waals surface area contributed by atoms with Crippen molar-refractivity contribution in [1.29, 1.82) is 0 Å². The Morgan fingerprint density at radius 1 is 1.39 bits per heavy atom. The van der Waals surface area contributed by atoms with Crippen molar-refractivity contribution >= 4 is 5.82 Å². The monoisotopic (exact) mass is 251 g/mol. The molecule has 0 amide bonds. The second-order valence-corrected chi connectivity index (χ2v) is 5.30. The van der Waals surface area contributed by atoms with Crippen LogP contribution in [0.2, 0.25) is 0 Å². The van der Waals surface area contributed by atoms with Crippen molar-refractivity contribution in [3.63, 3.8) is 0 Å². The third kappa shape index (κ3) is 2.69. The third-order valence-corrected chi connectivity index (χ3v) is 3.85. The SMILES string of the molecule is CCCc1c(CC2CC(OCC)C2)nn(C)c1N. The largest absolute Gasteiger partial charge is 0.384 e. The summed E-state index contributed by atoms with van der Waals surface area (Å²) in [5.74, 6) is 1.57. The zero-order valence-electron chi connectivity index (χ0n) is 11.8. The van der Waals surface area contributed by atoms with Crippen LogP contribution in [0.15, 0.2) is 0 Å². The Morgan fingerprint density at radius 3 is 2.72 bits per heavy atom. The lowest BCUT2D eigenvalue weighted by atomic mass is 9.78.